The van der Waals surface area contributed by atoms with Crippen LogP contribution in [-0.2, 0) is 4.79 Å². The number of aliphatic carboxylic acids is 1. The zero-order chi connectivity index (χ0) is 15.7. The Morgan fingerprint density at radius 1 is 1.19 bits per heavy atom. The van der Waals surface area contributed by atoms with Crippen molar-refractivity contribution in [3.8, 4) is 5.69 Å². The Labute approximate surface area is 125 Å². The third-order valence-corrected chi connectivity index (χ3v) is 3.74. The van der Waals surface area contributed by atoms with E-state index in [2.05, 4.69) is 32.9 Å². The van der Waals surface area contributed by atoms with E-state index in [1.165, 1.54) is 16.7 Å². The molecule has 0 aliphatic carbocycles. The number of hydrogen-bond acceptors (Lipinski definition) is 2. The number of rotatable bonds is 4. The Morgan fingerprint density at radius 2 is 1.76 bits per heavy atom. The molecular formula is C17H22N2O2. The molecule has 0 amide bonds. The molecule has 0 N–H and O–H groups in total. The third kappa shape index (κ3) is 2.99. The van der Waals surface area contributed by atoms with Crippen molar-refractivity contribution in [1.29, 1.82) is 0 Å². The number of imidazole rings is 1. The van der Waals surface area contributed by atoms with E-state index in [1.807, 2.05) is 30.9 Å². The number of carbonyl (C=O) groups excluding carboxylic acids is 1. The van der Waals surface area contributed by atoms with Crippen molar-refractivity contribution < 1.29 is 14.5 Å². The third-order valence-electron chi connectivity index (χ3n) is 3.74. The largest absolute Gasteiger partial charge is 0.546 e. The zero-order valence-electron chi connectivity index (χ0n) is 13.3. The van der Waals surface area contributed by atoms with Gasteiger partial charge in [-0.25, -0.2) is 9.13 Å². The van der Waals surface area contributed by atoms with Crippen LogP contribution in [0, 0.1) is 26.7 Å². The molecule has 1 aromatic heterocycles. The van der Waals surface area contributed by atoms with Crippen LogP contribution in [0.3, 0.4) is 0 Å². The molecule has 1 heterocycles. The van der Waals surface area contributed by atoms with Gasteiger partial charge in [-0.05, 0) is 37.8 Å². The maximum absolute atomic E-state index is 11.3. The summed E-state index contributed by atoms with van der Waals surface area (Å²) >= 11 is 0. The fourth-order valence-corrected chi connectivity index (χ4v) is 2.98. The summed E-state index contributed by atoms with van der Waals surface area (Å²) in [5, 5.41) is 11.3. The highest BCUT2D eigenvalue weighted by molar-refractivity contribution is 5.67. The Kier molecular flexibility index (Phi) is 4.16. The first kappa shape index (κ1) is 15.3. The van der Waals surface area contributed by atoms with E-state index in [0.29, 0.717) is 0 Å². The summed E-state index contributed by atoms with van der Waals surface area (Å²) in [6.07, 6.45) is 5.51. The van der Waals surface area contributed by atoms with Gasteiger partial charge in [0.05, 0.1) is 5.97 Å². The van der Waals surface area contributed by atoms with Crippen molar-refractivity contribution in [3.05, 3.63) is 47.5 Å². The van der Waals surface area contributed by atoms with E-state index < -0.39 is 12.0 Å². The SMILES string of the molecule is Cc1cc(C)c(-n2cc[n+]([C@H](C(=O)[O-])C(C)C)c2)c(C)c1. The van der Waals surface area contributed by atoms with Crippen LogP contribution in [0.15, 0.2) is 30.9 Å². The van der Waals surface area contributed by atoms with E-state index in [0.717, 1.165) is 5.69 Å². The van der Waals surface area contributed by atoms with Crippen LogP contribution in [0.5, 0.6) is 0 Å². The highest BCUT2D eigenvalue weighted by Gasteiger charge is 2.23. The fourth-order valence-electron chi connectivity index (χ4n) is 2.98. The lowest BCUT2D eigenvalue weighted by atomic mass is 10.0. The molecule has 1 aromatic carbocycles. The monoisotopic (exact) mass is 286 g/mol. The van der Waals surface area contributed by atoms with Crippen molar-refractivity contribution in [3.63, 3.8) is 0 Å². The smallest absolute Gasteiger partial charge is 0.249 e. The standard InChI is InChI=1S/C17H22N2O2/c1-11(2)15(17(20)21)18-6-7-19(10-18)16-13(4)8-12(3)9-14(16)5/h6-11,15H,1-5H3/t15-/m0/s1. The molecule has 2 rings (SSSR count). The predicted molar refractivity (Wildman–Crippen MR) is 79.1 cm³/mol. The van der Waals surface area contributed by atoms with Gasteiger partial charge in [0.25, 0.3) is 0 Å². The van der Waals surface area contributed by atoms with Gasteiger partial charge in [0.1, 0.15) is 24.1 Å². The molecule has 0 radical (unpaired) electrons. The van der Waals surface area contributed by atoms with E-state index in [4.69, 9.17) is 0 Å². The van der Waals surface area contributed by atoms with Gasteiger partial charge >= 0.3 is 0 Å². The van der Waals surface area contributed by atoms with Gasteiger partial charge in [-0.3, -0.25) is 0 Å². The molecule has 1 atom stereocenters. The number of carbonyl (C=O) groups is 1. The first-order valence-electron chi connectivity index (χ1n) is 7.19. The topological polar surface area (TPSA) is 48.9 Å². The second-order valence-corrected chi connectivity index (χ2v) is 6.02. The maximum atomic E-state index is 11.3. The minimum Gasteiger partial charge on any atom is -0.546 e. The van der Waals surface area contributed by atoms with Gasteiger partial charge < -0.3 is 9.90 Å². The number of aryl methyl sites for hydroxylation is 3. The van der Waals surface area contributed by atoms with Gasteiger partial charge in [-0.15, -0.1) is 0 Å². The maximum Gasteiger partial charge on any atom is 0.249 e. The summed E-state index contributed by atoms with van der Waals surface area (Å²) < 4.78 is 3.68. The molecule has 112 valence electrons. The molecule has 0 fully saturated rings. The first-order valence-corrected chi connectivity index (χ1v) is 7.19. The van der Waals surface area contributed by atoms with Crippen LogP contribution in [0.4, 0.5) is 0 Å². The quantitative estimate of drug-likeness (QED) is 0.802. The van der Waals surface area contributed by atoms with Gasteiger partial charge in [0.2, 0.25) is 6.33 Å². The summed E-state index contributed by atoms with van der Waals surface area (Å²) in [5.41, 5.74) is 4.67. The van der Waals surface area contributed by atoms with Gasteiger partial charge in [0.15, 0.2) is 0 Å². The minimum absolute atomic E-state index is 0.0314. The van der Waals surface area contributed by atoms with Crippen molar-refractivity contribution in [1.82, 2.24) is 4.57 Å². The van der Waals surface area contributed by atoms with Crippen LogP contribution in [-0.4, -0.2) is 10.5 Å². The molecule has 0 bridgehead atoms. The minimum atomic E-state index is -1.05. The van der Waals surface area contributed by atoms with Crippen LogP contribution >= 0.6 is 0 Å². The summed E-state index contributed by atoms with van der Waals surface area (Å²) in [6.45, 7) is 9.97. The summed E-state index contributed by atoms with van der Waals surface area (Å²) in [7, 11) is 0. The second-order valence-electron chi connectivity index (χ2n) is 6.02. The molecule has 0 aliphatic rings. The number of hydrogen-bond donors (Lipinski definition) is 0. The van der Waals surface area contributed by atoms with Crippen LogP contribution in [0.2, 0.25) is 0 Å². The van der Waals surface area contributed by atoms with Crippen molar-refractivity contribution in [2.24, 2.45) is 5.92 Å². The normalized spacial score (nSPS) is 12.7. The molecule has 21 heavy (non-hydrogen) atoms. The Morgan fingerprint density at radius 3 is 2.24 bits per heavy atom. The van der Waals surface area contributed by atoms with Crippen LogP contribution < -0.4 is 9.67 Å². The van der Waals surface area contributed by atoms with Gasteiger partial charge in [-0.2, -0.15) is 0 Å². The highest BCUT2D eigenvalue weighted by Crippen LogP contribution is 2.20. The molecule has 4 nitrogen and oxygen atoms in total. The molecular weight excluding hydrogens is 264 g/mol. The predicted octanol–water partition coefficient (Wildman–Crippen LogP) is 1.64. The van der Waals surface area contributed by atoms with Crippen molar-refractivity contribution >= 4 is 5.97 Å². The van der Waals surface area contributed by atoms with E-state index >= 15 is 0 Å². The zero-order valence-corrected chi connectivity index (χ0v) is 13.3. The van der Waals surface area contributed by atoms with E-state index in [-0.39, 0.29) is 5.92 Å². The molecule has 0 spiro atoms. The average molecular weight is 286 g/mol. The average Bonchev–Trinajstić information content (AvgIpc) is 2.75. The number of nitrogens with zero attached hydrogens (tertiary/aromatic N) is 2. The molecule has 0 unspecified atom stereocenters. The molecule has 0 saturated heterocycles. The molecule has 0 aliphatic heterocycles. The number of carboxylic acid groups (broad SMARTS) is 1. The highest BCUT2D eigenvalue weighted by atomic mass is 16.4. The lowest BCUT2D eigenvalue weighted by Crippen LogP contribution is -2.50. The number of carboxylic acids is 1. The van der Waals surface area contributed by atoms with Gasteiger partial charge in [0, 0.05) is 0 Å². The summed E-state index contributed by atoms with van der Waals surface area (Å²) in [6, 6.07) is 3.61. The Bertz CT molecular complexity index is 648. The van der Waals surface area contributed by atoms with Crippen LogP contribution in [0.1, 0.15) is 36.6 Å². The Balaban J connectivity index is 2.48. The molecule has 4 heteroatoms. The van der Waals surface area contributed by atoms with Gasteiger partial charge in [-0.1, -0.05) is 31.5 Å². The van der Waals surface area contributed by atoms with Crippen molar-refractivity contribution in [2.75, 3.05) is 0 Å². The first-order chi connectivity index (χ1) is 9.81. The van der Waals surface area contributed by atoms with E-state index in [1.54, 1.807) is 10.8 Å². The van der Waals surface area contributed by atoms with E-state index in [9.17, 15) is 9.90 Å². The number of benzene rings is 1. The lowest BCUT2D eigenvalue weighted by Gasteiger charge is -2.18. The second kappa shape index (κ2) is 5.72. The molecule has 0 saturated carbocycles. The van der Waals surface area contributed by atoms with Crippen LogP contribution in [0.25, 0.3) is 5.69 Å². The number of aromatic nitrogens is 2. The Hall–Kier alpha value is -2.10. The van der Waals surface area contributed by atoms with Crippen molar-refractivity contribution in [2.45, 2.75) is 40.7 Å². The fraction of sp³-hybridized carbons (Fsp3) is 0.412. The molecule has 2 aromatic rings. The summed E-state index contributed by atoms with van der Waals surface area (Å²) in [5.74, 6) is -1.08. The lowest BCUT2D eigenvalue weighted by molar-refractivity contribution is -0.721. The summed E-state index contributed by atoms with van der Waals surface area (Å²) in [4.78, 5) is 11.3.